The maximum atomic E-state index is 2.53. The quantitative estimate of drug-likeness (QED) is 0.170. The lowest BCUT2D eigenvalue weighted by Crippen LogP contribution is -2.34. The van der Waals surface area contributed by atoms with E-state index < -0.39 is 0 Å². The summed E-state index contributed by atoms with van der Waals surface area (Å²) in [6, 6.07) is 65.7. The number of nitrogens with zero attached hydrogens (tertiary/aromatic N) is 1. The Labute approximate surface area is 340 Å². The summed E-state index contributed by atoms with van der Waals surface area (Å²) in [6.07, 6.45) is 16.6. The average Bonchev–Trinajstić information content (AvgIpc) is 3.77. The van der Waals surface area contributed by atoms with Gasteiger partial charge in [0.1, 0.15) is 0 Å². The van der Waals surface area contributed by atoms with Gasteiger partial charge >= 0.3 is 0 Å². The normalized spacial score (nSPS) is 19.7. The van der Waals surface area contributed by atoms with Crippen LogP contribution in [0, 0.1) is 5.92 Å². The van der Waals surface area contributed by atoms with E-state index in [1.807, 2.05) is 0 Å². The van der Waals surface area contributed by atoms with Crippen LogP contribution in [0.2, 0.25) is 0 Å². The van der Waals surface area contributed by atoms with Crippen LogP contribution in [-0.4, -0.2) is 0 Å². The molecule has 0 saturated heterocycles. The largest absolute Gasteiger partial charge is 0.309 e. The summed E-state index contributed by atoms with van der Waals surface area (Å²) in [7, 11) is 0. The number of para-hydroxylation sites is 1. The molecule has 0 N–H and O–H groups in total. The van der Waals surface area contributed by atoms with Gasteiger partial charge in [-0.1, -0.05) is 188 Å². The molecule has 12 rings (SSSR count). The van der Waals surface area contributed by atoms with E-state index in [4.69, 9.17) is 0 Å². The topological polar surface area (TPSA) is 3.24 Å². The Morgan fingerprint density at radius 2 is 1.22 bits per heavy atom. The highest BCUT2D eigenvalue weighted by Gasteiger charge is 2.58. The molecule has 8 aromatic carbocycles. The van der Waals surface area contributed by atoms with Crippen LogP contribution in [-0.2, 0) is 5.41 Å². The van der Waals surface area contributed by atoms with Gasteiger partial charge in [-0.05, 0) is 103 Å². The van der Waals surface area contributed by atoms with E-state index in [0.29, 0.717) is 5.92 Å². The van der Waals surface area contributed by atoms with Gasteiger partial charge in [0.2, 0.25) is 0 Å². The van der Waals surface area contributed by atoms with Crippen molar-refractivity contribution < 1.29 is 0 Å². The van der Waals surface area contributed by atoms with Crippen molar-refractivity contribution >= 4 is 44.2 Å². The summed E-state index contributed by atoms with van der Waals surface area (Å²) in [5.74, 6) is 0.535. The molecule has 0 bridgehead atoms. The van der Waals surface area contributed by atoms with E-state index in [2.05, 4.69) is 217 Å². The third kappa shape index (κ3) is 4.71. The van der Waals surface area contributed by atoms with Crippen LogP contribution in [0.5, 0.6) is 0 Å². The first-order valence-electron chi connectivity index (χ1n) is 20.7. The summed E-state index contributed by atoms with van der Waals surface area (Å²) in [5.41, 5.74) is 17.1. The monoisotopic (exact) mass is 739 g/mol. The molecule has 58 heavy (non-hydrogen) atoms. The maximum absolute atomic E-state index is 2.53. The molecule has 0 heterocycles. The first kappa shape index (κ1) is 33.2. The lowest BCUT2D eigenvalue weighted by atomic mass is 9.63. The summed E-state index contributed by atoms with van der Waals surface area (Å²) in [5, 5.41) is 4.93. The van der Waals surface area contributed by atoms with Crippen LogP contribution in [0.15, 0.2) is 218 Å². The maximum Gasteiger partial charge on any atom is 0.0546 e. The Hall–Kier alpha value is -6.96. The van der Waals surface area contributed by atoms with Gasteiger partial charge in [-0.15, -0.1) is 0 Å². The molecule has 1 heteroatoms. The second-order valence-corrected chi connectivity index (χ2v) is 16.2. The van der Waals surface area contributed by atoms with Crippen molar-refractivity contribution in [2.45, 2.75) is 24.2 Å². The fourth-order valence-corrected chi connectivity index (χ4v) is 11.2. The molecule has 0 aliphatic heterocycles. The molecular weight excluding hydrogens is 699 g/mol. The van der Waals surface area contributed by atoms with E-state index in [1.165, 1.54) is 77.3 Å². The molecule has 8 aromatic rings. The summed E-state index contributed by atoms with van der Waals surface area (Å²) >= 11 is 0. The molecule has 4 aliphatic rings. The second kappa shape index (κ2) is 13.0. The van der Waals surface area contributed by atoms with Gasteiger partial charge in [0.25, 0.3) is 0 Å². The average molecular weight is 740 g/mol. The van der Waals surface area contributed by atoms with Gasteiger partial charge in [-0.25, -0.2) is 0 Å². The van der Waals surface area contributed by atoms with E-state index >= 15 is 0 Å². The standard InChI is InChI=1S/C57H41N/c1-2-19-40(20-3-1)55-43-22-7-6-18-39(43)34-36-54(55)58(42-35-33-38-17-4-5-21-41(38)37-42)53-32-15-11-25-46(53)47-27-16-31-52-56(47)48-26-10-14-30-51(48)57(52)49-28-12-8-23-44(49)45-24-9-13-29-50(45)57/h1-12,14-28,30-37,48,51H,13,29H2. The lowest BCUT2D eigenvalue weighted by molar-refractivity contribution is 0.444. The third-order valence-electron chi connectivity index (χ3n) is 13.4. The van der Waals surface area contributed by atoms with Gasteiger partial charge in [-0.3, -0.25) is 0 Å². The van der Waals surface area contributed by atoms with Crippen molar-refractivity contribution in [3.8, 4) is 22.3 Å². The predicted octanol–water partition coefficient (Wildman–Crippen LogP) is 15.0. The van der Waals surface area contributed by atoms with Crippen LogP contribution < -0.4 is 4.90 Å². The van der Waals surface area contributed by atoms with Gasteiger partial charge in [0.05, 0.1) is 16.8 Å². The molecule has 0 radical (unpaired) electrons. The van der Waals surface area contributed by atoms with Crippen molar-refractivity contribution in [2.24, 2.45) is 5.92 Å². The van der Waals surface area contributed by atoms with Crippen LogP contribution in [0.1, 0.15) is 41.0 Å². The van der Waals surface area contributed by atoms with Crippen LogP contribution in [0.25, 0.3) is 49.4 Å². The molecule has 0 fully saturated rings. The Morgan fingerprint density at radius 1 is 0.517 bits per heavy atom. The first-order chi connectivity index (χ1) is 28.8. The Morgan fingerprint density at radius 3 is 2.14 bits per heavy atom. The van der Waals surface area contributed by atoms with Gasteiger partial charge in [0, 0.05) is 28.7 Å². The molecule has 274 valence electrons. The number of benzene rings is 8. The summed E-state index contributed by atoms with van der Waals surface area (Å²) in [6.45, 7) is 0. The highest BCUT2D eigenvalue weighted by Crippen LogP contribution is 2.67. The number of anilines is 3. The van der Waals surface area contributed by atoms with Crippen molar-refractivity contribution in [3.63, 3.8) is 0 Å². The minimum atomic E-state index is -0.209. The Kier molecular flexibility index (Phi) is 7.47. The number of hydrogen-bond donors (Lipinski definition) is 0. The Balaban J connectivity index is 1.15. The molecule has 0 saturated carbocycles. The predicted molar refractivity (Wildman–Crippen MR) is 244 cm³/mol. The second-order valence-electron chi connectivity index (χ2n) is 16.2. The van der Waals surface area contributed by atoms with Gasteiger partial charge in [0.15, 0.2) is 0 Å². The fraction of sp³-hybridized carbons (Fsp3) is 0.0877. The molecule has 0 aromatic heterocycles. The van der Waals surface area contributed by atoms with Crippen LogP contribution in [0.4, 0.5) is 17.1 Å². The van der Waals surface area contributed by atoms with Crippen molar-refractivity contribution in [1.29, 1.82) is 0 Å². The lowest BCUT2D eigenvalue weighted by Gasteiger charge is -2.38. The van der Waals surface area contributed by atoms with Crippen LogP contribution >= 0.6 is 0 Å². The molecule has 0 amide bonds. The first-order valence-corrected chi connectivity index (χ1v) is 20.7. The van der Waals surface area contributed by atoms with E-state index in [-0.39, 0.29) is 11.3 Å². The summed E-state index contributed by atoms with van der Waals surface area (Å²) < 4.78 is 0. The van der Waals surface area contributed by atoms with E-state index in [0.717, 1.165) is 24.2 Å². The molecule has 3 unspecified atom stereocenters. The highest BCUT2D eigenvalue weighted by molar-refractivity contribution is 6.07. The summed E-state index contributed by atoms with van der Waals surface area (Å²) in [4.78, 5) is 2.53. The van der Waals surface area contributed by atoms with Gasteiger partial charge < -0.3 is 4.90 Å². The van der Waals surface area contributed by atoms with Gasteiger partial charge in [-0.2, -0.15) is 0 Å². The van der Waals surface area contributed by atoms with Crippen molar-refractivity contribution in [1.82, 2.24) is 0 Å². The Bertz CT molecular complexity index is 3090. The van der Waals surface area contributed by atoms with E-state index in [1.54, 1.807) is 5.57 Å². The number of fused-ring (bicyclic) bond motifs is 11. The SMILES string of the molecule is C1=CC2c3c(-c4ccccc4N(c4ccc5ccccc5c4)c4ccc5ccccc5c4-c4ccccc4)cccc3C3(C4=C(C=CCC4)c4ccccc43)C2C=C1. The zero-order valence-corrected chi connectivity index (χ0v) is 32.2. The van der Waals surface area contributed by atoms with E-state index in [9.17, 15) is 0 Å². The molecule has 1 nitrogen and oxygen atoms in total. The number of hydrogen-bond acceptors (Lipinski definition) is 1. The third-order valence-corrected chi connectivity index (χ3v) is 13.4. The highest BCUT2D eigenvalue weighted by atomic mass is 15.1. The number of rotatable bonds is 5. The zero-order chi connectivity index (χ0) is 38.2. The smallest absolute Gasteiger partial charge is 0.0546 e. The van der Waals surface area contributed by atoms with Crippen molar-refractivity contribution in [2.75, 3.05) is 4.90 Å². The molecule has 1 spiro atoms. The molecular formula is C57H41N. The zero-order valence-electron chi connectivity index (χ0n) is 32.2. The number of allylic oxidation sites excluding steroid dienone is 8. The fourth-order valence-electron chi connectivity index (χ4n) is 11.2. The molecule has 3 atom stereocenters. The molecule has 4 aliphatic carbocycles. The van der Waals surface area contributed by atoms with Crippen molar-refractivity contribution in [3.05, 3.63) is 240 Å². The minimum absolute atomic E-state index is 0.209. The minimum Gasteiger partial charge on any atom is -0.309 e. The van der Waals surface area contributed by atoms with Crippen LogP contribution in [0.3, 0.4) is 0 Å².